The van der Waals surface area contributed by atoms with Gasteiger partial charge in [-0.15, -0.1) is 0 Å². The Balaban J connectivity index is 2.28. The fraction of sp³-hybridized carbons (Fsp3) is 0.143. The third-order valence-corrected chi connectivity index (χ3v) is 3.36. The van der Waals surface area contributed by atoms with Crippen molar-refractivity contribution in [1.82, 2.24) is 4.98 Å². The molecular formula is C14H11BrN2O2. The van der Waals surface area contributed by atoms with E-state index < -0.39 is 0 Å². The molecule has 0 saturated heterocycles. The Morgan fingerprint density at radius 3 is 2.68 bits per heavy atom. The lowest BCUT2D eigenvalue weighted by molar-refractivity contribution is 0.290. The average molecular weight is 319 g/mol. The van der Waals surface area contributed by atoms with Crippen molar-refractivity contribution in [2.75, 3.05) is 0 Å². The molecule has 0 spiro atoms. The number of rotatable bonds is 3. The van der Waals surface area contributed by atoms with Gasteiger partial charge in [0.25, 0.3) is 0 Å². The van der Waals surface area contributed by atoms with Crippen LogP contribution in [0.4, 0.5) is 0 Å². The van der Waals surface area contributed by atoms with Gasteiger partial charge >= 0.3 is 0 Å². The van der Waals surface area contributed by atoms with Crippen LogP contribution in [0, 0.1) is 18.3 Å². The van der Waals surface area contributed by atoms with Gasteiger partial charge < -0.3 is 9.84 Å². The highest BCUT2D eigenvalue weighted by atomic mass is 79.9. The van der Waals surface area contributed by atoms with E-state index in [1.807, 2.05) is 36.4 Å². The number of hydrogen-bond acceptors (Lipinski definition) is 4. The normalized spacial score (nSPS) is 9.95. The van der Waals surface area contributed by atoms with Gasteiger partial charge in [-0.1, -0.05) is 30.3 Å². The number of pyridine rings is 1. The van der Waals surface area contributed by atoms with Crippen LogP contribution in [-0.4, -0.2) is 10.1 Å². The maximum atomic E-state index is 9.71. The molecule has 2 rings (SSSR count). The third-order valence-electron chi connectivity index (χ3n) is 2.58. The monoisotopic (exact) mass is 318 g/mol. The second-order valence-electron chi connectivity index (χ2n) is 3.93. The lowest BCUT2D eigenvalue weighted by atomic mass is 10.2. The summed E-state index contributed by atoms with van der Waals surface area (Å²) in [7, 11) is 0. The zero-order valence-electron chi connectivity index (χ0n) is 10.2. The Labute approximate surface area is 119 Å². The molecule has 2 aromatic rings. The molecule has 1 N–H and O–H groups in total. The van der Waals surface area contributed by atoms with Crippen molar-refractivity contribution in [1.29, 1.82) is 5.26 Å². The molecule has 0 atom stereocenters. The molecule has 0 saturated carbocycles. The summed E-state index contributed by atoms with van der Waals surface area (Å²) < 4.78 is 5.87. The van der Waals surface area contributed by atoms with Crippen LogP contribution in [0.1, 0.15) is 16.8 Å². The largest absolute Gasteiger partial charge is 0.505 e. The molecule has 0 bridgehead atoms. The number of benzene rings is 1. The van der Waals surface area contributed by atoms with E-state index in [4.69, 9.17) is 10.00 Å². The predicted molar refractivity (Wildman–Crippen MR) is 73.8 cm³/mol. The average Bonchev–Trinajstić information content (AvgIpc) is 2.44. The molecule has 1 aromatic heterocycles. The van der Waals surface area contributed by atoms with Crippen molar-refractivity contribution < 1.29 is 9.84 Å². The van der Waals surface area contributed by atoms with Crippen molar-refractivity contribution in [3.8, 4) is 17.7 Å². The number of aromatic nitrogens is 1. The zero-order chi connectivity index (χ0) is 13.8. The van der Waals surface area contributed by atoms with Gasteiger partial charge in [-0.3, -0.25) is 0 Å². The summed E-state index contributed by atoms with van der Waals surface area (Å²) in [5, 5.41) is 18.8. The molecule has 0 amide bonds. The van der Waals surface area contributed by atoms with Gasteiger partial charge in [-0.05, 0) is 28.4 Å². The molecule has 4 nitrogen and oxygen atoms in total. The van der Waals surface area contributed by atoms with Crippen molar-refractivity contribution in [2.24, 2.45) is 0 Å². The van der Waals surface area contributed by atoms with Gasteiger partial charge in [0.2, 0.25) is 5.88 Å². The molecule has 1 aromatic carbocycles. The van der Waals surface area contributed by atoms with Crippen LogP contribution < -0.4 is 4.74 Å². The summed E-state index contributed by atoms with van der Waals surface area (Å²) in [5.74, 6) is 0.178. The number of halogens is 1. The van der Waals surface area contributed by atoms with Crippen LogP contribution in [0.2, 0.25) is 0 Å². The fourth-order valence-corrected chi connectivity index (χ4v) is 2.10. The zero-order valence-corrected chi connectivity index (χ0v) is 11.8. The first kappa shape index (κ1) is 13.4. The molecule has 0 radical (unpaired) electrons. The van der Waals surface area contributed by atoms with E-state index in [9.17, 15) is 5.11 Å². The van der Waals surface area contributed by atoms with Crippen LogP contribution in [0.25, 0.3) is 0 Å². The van der Waals surface area contributed by atoms with Crippen molar-refractivity contribution in [2.45, 2.75) is 13.5 Å². The number of aromatic hydroxyl groups is 1. The first-order valence-electron chi connectivity index (χ1n) is 5.59. The minimum Gasteiger partial charge on any atom is -0.505 e. The third kappa shape index (κ3) is 2.85. The second kappa shape index (κ2) is 5.72. The maximum absolute atomic E-state index is 9.71. The van der Waals surface area contributed by atoms with Crippen LogP contribution in [0.3, 0.4) is 0 Å². The van der Waals surface area contributed by atoms with Gasteiger partial charge in [0, 0.05) is 0 Å². The highest BCUT2D eigenvalue weighted by molar-refractivity contribution is 9.10. The Kier molecular flexibility index (Phi) is 4.03. The molecule has 0 aliphatic carbocycles. The summed E-state index contributed by atoms with van der Waals surface area (Å²) in [6, 6.07) is 11.6. The SMILES string of the molecule is Cc1nc(OCc2ccccc2)c(C#N)c(Br)c1O. The molecule has 0 unspecified atom stereocenters. The van der Waals surface area contributed by atoms with E-state index in [1.165, 1.54) is 0 Å². The van der Waals surface area contributed by atoms with Crippen LogP contribution in [0.5, 0.6) is 11.6 Å². The molecule has 1 heterocycles. The number of hydrogen-bond donors (Lipinski definition) is 1. The van der Waals surface area contributed by atoms with Gasteiger partial charge in [0.05, 0.1) is 10.2 Å². The number of ether oxygens (including phenoxy) is 1. The molecule has 96 valence electrons. The lowest BCUT2D eigenvalue weighted by Crippen LogP contribution is -2.01. The van der Waals surface area contributed by atoms with E-state index in [0.29, 0.717) is 16.8 Å². The summed E-state index contributed by atoms with van der Waals surface area (Å²) in [4.78, 5) is 4.09. The summed E-state index contributed by atoms with van der Waals surface area (Å²) >= 11 is 3.18. The molecule has 5 heteroatoms. The Morgan fingerprint density at radius 1 is 1.37 bits per heavy atom. The van der Waals surface area contributed by atoms with Crippen molar-refractivity contribution in [3.63, 3.8) is 0 Å². The van der Waals surface area contributed by atoms with Gasteiger partial charge in [-0.2, -0.15) is 5.26 Å². The smallest absolute Gasteiger partial charge is 0.233 e. The molecule has 0 aliphatic rings. The van der Waals surface area contributed by atoms with E-state index in [0.717, 1.165) is 5.56 Å². The number of nitriles is 1. The fourth-order valence-electron chi connectivity index (χ4n) is 1.56. The first-order chi connectivity index (χ1) is 9.13. The van der Waals surface area contributed by atoms with Crippen molar-refractivity contribution >= 4 is 15.9 Å². The summed E-state index contributed by atoms with van der Waals surface area (Å²) in [6.07, 6.45) is 0. The van der Waals surface area contributed by atoms with E-state index in [2.05, 4.69) is 20.9 Å². The minimum absolute atomic E-state index is 0.0383. The standard InChI is InChI=1S/C14H11BrN2O2/c1-9-13(18)12(15)11(7-16)14(17-9)19-8-10-5-3-2-4-6-10/h2-6,18H,8H2,1H3. The predicted octanol–water partition coefficient (Wildman–Crippen LogP) is 3.31. The Morgan fingerprint density at radius 2 is 2.05 bits per heavy atom. The van der Waals surface area contributed by atoms with E-state index in [-0.39, 0.29) is 17.2 Å². The van der Waals surface area contributed by atoms with Crippen LogP contribution in [0.15, 0.2) is 34.8 Å². The number of nitrogens with zero attached hydrogens (tertiary/aromatic N) is 2. The lowest BCUT2D eigenvalue weighted by Gasteiger charge is -2.10. The Hall–Kier alpha value is -2.06. The molecule has 19 heavy (non-hydrogen) atoms. The van der Waals surface area contributed by atoms with Gasteiger partial charge in [0.15, 0.2) is 5.75 Å². The van der Waals surface area contributed by atoms with E-state index >= 15 is 0 Å². The van der Waals surface area contributed by atoms with Crippen molar-refractivity contribution in [3.05, 3.63) is 51.6 Å². The highest BCUT2D eigenvalue weighted by Crippen LogP contribution is 2.34. The summed E-state index contributed by atoms with van der Waals surface area (Å²) in [6.45, 7) is 1.97. The first-order valence-corrected chi connectivity index (χ1v) is 6.38. The highest BCUT2D eigenvalue weighted by Gasteiger charge is 2.16. The van der Waals surface area contributed by atoms with E-state index in [1.54, 1.807) is 6.92 Å². The van der Waals surface area contributed by atoms with Crippen LogP contribution >= 0.6 is 15.9 Å². The van der Waals surface area contributed by atoms with Gasteiger partial charge in [0.1, 0.15) is 18.2 Å². The van der Waals surface area contributed by atoms with Crippen LogP contribution in [-0.2, 0) is 6.61 Å². The maximum Gasteiger partial charge on any atom is 0.233 e. The second-order valence-corrected chi connectivity index (χ2v) is 4.72. The summed E-state index contributed by atoms with van der Waals surface area (Å²) in [5.41, 5.74) is 1.59. The topological polar surface area (TPSA) is 66.1 Å². The van der Waals surface area contributed by atoms with Gasteiger partial charge in [-0.25, -0.2) is 4.98 Å². The Bertz CT molecular complexity index is 636. The molecule has 0 aliphatic heterocycles. The quantitative estimate of drug-likeness (QED) is 0.942. The number of aryl methyl sites for hydroxylation is 1. The minimum atomic E-state index is -0.0383. The molecular weight excluding hydrogens is 308 g/mol. The molecule has 0 fully saturated rings.